The molecule has 0 aliphatic heterocycles. The largest absolute Gasteiger partial charge is 0.399 e. The molecule has 1 saturated carbocycles. The Hall–Kier alpha value is -1.49. The van der Waals surface area contributed by atoms with E-state index in [1.165, 1.54) is 32.1 Å². The molecular weight excluding hydrogens is 196 g/mol. The first-order valence-corrected chi connectivity index (χ1v) is 6.06. The highest BCUT2D eigenvalue weighted by atomic mass is 14.5. The van der Waals surface area contributed by atoms with Crippen molar-refractivity contribution in [2.45, 2.75) is 38.0 Å². The Bertz CT molecular complexity index is 386. The molecule has 2 nitrogen and oxygen atoms in total. The number of benzene rings is 1. The molecule has 1 aliphatic rings. The van der Waals surface area contributed by atoms with E-state index in [0.29, 0.717) is 5.92 Å². The van der Waals surface area contributed by atoms with Crippen molar-refractivity contribution < 1.29 is 0 Å². The lowest BCUT2D eigenvalue weighted by Crippen LogP contribution is -2.15. The highest BCUT2D eigenvalue weighted by Crippen LogP contribution is 2.35. The van der Waals surface area contributed by atoms with Crippen LogP contribution in [-0.2, 0) is 0 Å². The van der Waals surface area contributed by atoms with Crippen molar-refractivity contribution in [1.82, 2.24) is 0 Å². The van der Waals surface area contributed by atoms with Crippen LogP contribution >= 0.6 is 0 Å². The quantitative estimate of drug-likeness (QED) is 0.766. The van der Waals surface area contributed by atoms with E-state index in [9.17, 15) is 5.26 Å². The Morgan fingerprint density at radius 2 is 2.00 bits per heavy atom. The van der Waals surface area contributed by atoms with E-state index >= 15 is 0 Å². The Kier molecular flexibility index (Phi) is 3.46. The molecular formula is C14H18N2. The Morgan fingerprint density at radius 3 is 2.62 bits per heavy atom. The lowest BCUT2D eigenvalue weighted by atomic mass is 9.77. The van der Waals surface area contributed by atoms with Crippen molar-refractivity contribution in [1.29, 1.82) is 5.26 Å². The van der Waals surface area contributed by atoms with E-state index in [-0.39, 0.29) is 5.92 Å². The van der Waals surface area contributed by atoms with Gasteiger partial charge in [0.1, 0.15) is 0 Å². The molecule has 1 aromatic carbocycles. The van der Waals surface area contributed by atoms with Crippen LogP contribution in [-0.4, -0.2) is 0 Å². The first kappa shape index (κ1) is 11.0. The lowest BCUT2D eigenvalue weighted by molar-refractivity contribution is 0.336. The van der Waals surface area contributed by atoms with Crippen LogP contribution in [0.25, 0.3) is 0 Å². The van der Waals surface area contributed by atoms with E-state index in [0.717, 1.165) is 11.3 Å². The Morgan fingerprint density at radius 1 is 1.25 bits per heavy atom. The maximum atomic E-state index is 9.33. The lowest BCUT2D eigenvalue weighted by Gasteiger charge is -2.26. The van der Waals surface area contributed by atoms with Gasteiger partial charge < -0.3 is 5.73 Å². The summed E-state index contributed by atoms with van der Waals surface area (Å²) in [5, 5.41) is 9.33. The van der Waals surface area contributed by atoms with Crippen molar-refractivity contribution in [2.24, 2.45) is 5.92 Å². The maximum absolute atomic E-state index is 9.33. The normalized spacial score (nSPS) is 18.9. The average Bonchev–Trinajstić information content (AvgIpc) is 2.31. The number of nitrogens with zero attached hydrogens (tertiary/aromatic N) is 1. The number of nitrogen functional groups attached to an aromatic ring is 1. The van der Waals surface area contributed by atoms with Gasteiger partial charge in [-0.25, -0.2) is 0 Å². The summed E-state index contributed by atoms with van der Waals surface area (Å²) in [6, 6.07) is 10.2. The standard InChI is InChI=1S/C14H18N2/c15-10-14(11-5-2-1-3-6-11)12-7-4-8-13(16)9-12/h4,7-9,11,14H,1-3,5-6,16H2. The molecule has 16 heavy (non-hydrogen) atoms. The summed E-state index contributed by atoms with van der Waals surface area (Å²) in [6.07, 6.45) is 6.24. The molecule has 0 radical (unpaired) electrons. The van der Waals surface area contributed by atoms with Crippen LogP contribution in [0.15, 0.2) is 24.3 Å². The average molecular weight is 214 g/mol. The molecule has 2 N–H and O–H groups in total. The van der Waals surface area contributed by atoms with Gasteiger partial charge in [-0.15, -0.1) is 0 Å². The number of anilines is 1. The summed E-state index contributed by atoms with van der Waals surface area (Å²) in [4.78, 5) is 0. The predicted octanol–water partition coefficient (Wildman–Crippen LogP) is 3.46. The molecule has 2 heteroatoms. The smallest absolute Gasteiger partial charge is 0.0741 e. The zero-order chi connectivity index (χ0) is 11.4. The van der Waals surface area contributed by atoms with Gasteiger partial charge in [0, 0.05) is 5.69 Å². The number of hydrogen-bond acceptors (Lipinski definition) is 2. The number of rotatable bonds is 2. The fourth-order valence-corrected chi connectivity index (χ4v) is 2.67. The molecule has 0 saturated heterocycles. The Balaban J connectivity index is 2.18. The second-order valence-corrected chi connectivity index (χ2v) is 4.67. The number of hydrogen-bond donors (Lipinski definition) is 1. The molecule has 0 amide bonds. The molecule has 1 aromatic rings. The van der Waals surface area contributed by atoms with Crippen molar-refractivity contribution in [3.63, 3.8) is 0 Å². The van der Waals surface area contributed by atoms with Crippen LogP contribution in [0.4, 0.5) is 5.69 Å². The van der Waals surface area contributed by atoms with Gasteiger partial charge in [-0.1, -0.05) is 31.4 Å². The van der Waals surface area contributed by atoms with Crippen molar-refractivity contribution >= 4 is 5.69 Å². The van der Waals surface area contributed by atoms with Gasteiger partial charge >= 0.3 is 0 Å². The summed E-state index contributed by atoms with van der Waals surface area (Å²) in [6.45, 7) is 0. The monoisotopic (exact) mass is 214 g/mol. The van der Waals surface area contributed by atoms with E-state index in [1.807, 2.05) is 24.3 Å². The first-order valence-electron chi connectivity index (χ1n) is 6.06. The first-order chi connectivity index (χ1) is 7.81. The second-order valence-electron chi connectivity index (χ2n) is 4.67. The van der Waals surface area contributed by atoms with Gasteiger partial charge in [0.05, 0.1) is 12.0 Å². The molecule has 0 aromatic heterocycles. The van der Waals surface area contributed by atoms with Crippen LogP contribution in [0.3, 0.4) is 0 Å². The fourth-order valence-electron chi connectivity index (χ4n) is 2.67. The van der Waals surface area contributed by atoms with E-state index in [1.54, 1.807) is 0 Å². The molecule has 2 rings (SSSR count). The molecule has 84 valence electrons. The second kappa shape index (κ2) is 5.03. The fraction of sp³-hybridized carbons (Fsp3) is 0.500. The van der Waals surface area contributed by atoms with Gasteiger partial charge in [-0.2, -0.15) is 5.26 Å². The highest BCUT2D eigenvalue weighted by Gasteiger charge is 2.24. The SMILES string of the molecule is N#CC(c1cccc(N)c1)C1CCCCC1. The van der Waals surface area contributed by atoms with Crippen LogP contribution in [0.2, 0.25) is 0 Å². The van der Waals surface area contributed by atoms with Crippen LogP contribution < -0.4 is 5.73 Å². The summed E-state index contributed by atoms with van der Waals surface area (Å²) in [5.41, 5.74) is 7.62. The number of nitriles is 1. The molecule has 1 aliphatic carbocycles. The van der Waals surface area contributed by atoms with E-state index < -0.39 is 0 Å². The molecule has 0 heterocycles. The van der Waals surface area contributed by atoms with Gasteiger partial charge in [-0.05, 0) is 36.5 Å². The minimum absolute atomic E-state index is 0.0313. The molecule has 1 unspecified atom stereocenters. The van der Waals surface area contributed by atoms with Crippen molar-refractivity contribution in [3.05, 3.63) is 29.8 Å². The zero-order valence-corrected chi connectivity index (χ0v) is 9.52. The highest BCUT2D eigenvalue weighted by molar-refractivity contribution is 5.43. The third-order valence-corrected chi connectivity index (χ3v) is 3.53. The van der Waals surface area contributed by atoms with Crippen LogP contribution in [0.5, 0.6) is 0 Å². The zero-order valence-electron chi connectivity index (χ0n) is 9.52. The third kappa shape index (κ3) is 2.36. The van der Waals surface area contributed by atoms with Gasteiger partial charge in [0.25, 0.3) is 0 Å². The summed E-state index contributed by atoms with van der Waals surface area (Å²) in [7, 11) is 0. The van der Waals surface area contributed by atoms with Gasteiger partial charge in [0.15, 0.2) is 0 Å². The van der Waals surface area contributed by atoms with Gasteiger partial charge in [0.2, 0.25) is 0 Å². The molecule has 0 spiro atoms. The minimum Gasteiger partial charge on any atom is -0.399 e. The predicted molar refractivity (Wildman–Crippen MR) is 65.8 cm³/mol. The van der Waals surface area contributed by atoms with Crippen LogP contribution in [0.1, 0.15) is 43.6 Å². The summed E-state index contributed by atoms with van der Waals surface area (Å²) >= 11 is 0. The third-order valence-electron chi connectivity index (χ3n) is 3.53. The summed E-state index contributed by atoms with van der Waals surface area (Å²) < 4.78 is 0. The Labute approximate surface area is 97.1 Å². The molecule has 1 atom stereocenters. The summed E-state index contributed by atoms with van der Waals surface area (Å²) in [5.74, 6) is 0.560. The van der Waals surface area contributed by atoms with Crippen LogP contribution in [0, 0.1) is 17.2 Å². The van der Waals surface area contributed by atoms with Crippen molar-refractivity contribution in [3.8, 4) is 6.07 Å². The van der Waals surface area contributed by atoms with E-state index in [2.05, 4.69) is 6.07 Å². The van der Waals surface area contributed by atoms with Crippen molar-refractivity contribution in [2.75, 3.05) is 5.73 Å². The van der Waals surface area contributed by atoms with E-state index in [4.69, 9.17) is 5.73 Å². The maximum Gasteiger partial charge on any atom is 0.0741 e. The molecule has 1 fully saturated rings. The van der Waals surface area contributed by atoms with Gasteiger partial charge in [-0.3, -0.25) is 0 Å². The number of nitrogens with two attached hydrogens (primary N) is 1. The molecule has 0 bridgehead atoms. The minimum atomic E-state index is 0.0313. The topological polar surface area (TPSA) is 49.8 Å².